The summed E-state index contributed by atoms with van der Waals surface area (Å²) in [6.07, 6.45) is 1.89. The first kappa shape index (κ1) is 16.2. The Labute approximate surface area is 135 Å². The van der Waals surface area contributed by atoms with Gasteiger partial charge in [-0.3, -0.25) is 4.68 Å². The number of aryl methyl sites for hydroxylation is 3. The molecule has 1 aromatic carbocycles. The van der Waals surface area contributed by atoms with Crippen molar-refractivity contribution in [3.05, 3.63) is 51.3 Å². The normalized spacial score (nSPS) is 12.6. The number of nitrogens with one attached hydrogen (secondary N) is 1. The fourth-order valence-electron chi connectivity index (χ4n) is 2.59. The van der Waals surface area contributed by atoms with Gasteiger partial charge in [-0.25, -0.2) is 0 Å². The Hall–Kier alpha value is -1.13. The van der Waals surface area contributed by atoms with Crippen LogP contribution in [0.3, 0.4) is 0 Å². The molecule has 21 heavy (non-hydrogen) atoms. The van der Waals surface area contributed by atoms with E-state index in [0.717, 1.165) is 25.1 Å². The fraction of sp³-hybridized carbons (Fsp3) is 0.471. The van der Waals surface area contributed by atoms with Crippen LogP contribution in [0.4, 0.5) is 0 Å². The lowest BCUT2D eigenvalue weighted by Gasteiger charge is -2.18. The molecule has 0 saturated carbocycles. The summed E-state index contributed by atoms with van der Waals surface area (Å²) < 4.78 is 3.28. The van der Waals surface area contributed by atoms with Crippen LogP contribution in [0.15, 0.2) is 28.7 Å². The molecule has 1 unspecified atom stereocenters. The average molecular weight is 350 g/mol. The Bertz CT molecular complexity index is 587. The van der Waals surface area contributed by atoms with Crippen molar-refractivity contribution in [3.63, 3.8) is 0 Å². The van der Waals surface area contributed by atoms with Crippen molar-refractivity contribution in [2.24, 2.45) is 0 Å². The summed E-state index contributed by atoms with van der Waals surface area (Å²) in [7, 11) is 2.02. The van der Waals surface area contributed by atoms with Gasteiger partial charge in [-0.15, -0.1) is 0 Å². The van der Waals surface area contributed by atoms with Crippen molar-refractivity contribution in [1.82, 2.24) is 15.1 Å². The van der Waals surface area contributed by atoms with E-state index in [-0.39, 0.29) is 0 Å². The molecule has 2 aromatic rings. The molecule has 1 N–H and O–H groups in total. The molecule has 0 aliphatic carbocycles. The summed E-state index contributed by atoms with van der Waals surface area (Å²) in [5, 5.41) is 8.11. The molecule has 1 aromatic heterocycles. The first-order chi connectivity index (χ1) is 10.1. The highest BCUT2D eigenvalue weighted by Crippen LogP contribution is 2.27. The topological polar surface area (TPSA) is 29.9 Å². The largest absolute Gasteiger partial charge is 0.313 e. The van der Waals surface area contributed by atoms with Gasteiger partial charge in [0, 0.05) is 19.0 Å². The first-order valence-corrected chi connectivity index (χ1v) is 8.37. The van der Waals surface area contributed by atoms with Crippen LogP contribution in [-0.4, -0.2) is 16.8 Å². The maximum Gasteiger partial charge on any atom is 0.0766 e. The lowest BCUT2D eigenvalue weighted by molar-refractivity contribution is 0.539. The first-order valence-electron chi connectivity index (χ1n) is 7.58. The standard InChI is InChI=1S/C17H24BrN3/c1-5-14-17(18)16(21(6-2)20-14)11-15(19-4)13-9-7-12(3)8-10-13/h7-10,15,19H,5-6,11H2,1-4H3. The molecule has 0 bridgehead atoms. The van der Waals surface area contributed by atoms with Crippen molar-refractivity contribution >= 4 is 15.9 Å². The lowest BCUT2D eigenvalue weighted by atomic mass is 10.0. The number of hydrogen-bond donors (Lipinski definition) is 1. The molecule has 1 heterocycles. The second-order valence-electron chi connectivity index (χ2n) is 5.33. The van der Waals surface area contributed by atoms with Gasteiger partial charge in [-0.1, -0.05) is 36.8 Å². The van der Waals surface area contributed by atoms with Gasteiger partial charge in [0.25, 0.3) is 0 Å². The van der Waals surface area contributed by atoms with E-state index in [1.54, 1.807) is 0 Å². The van der Waals surface area contributed by atoms with Gasteiger partial charge in [-0.2, -0.15) is 5.10 Å². The third-order valence-corrected chi connectivity index (χ3v) is 4.84. The van der Waals surface area contributed by atoms with Gasteiger partial charge in [0.2, 0.25) is 0 Å². The van der Waals surface area contributed by atoms with E-state index in [4.69, 9.17) is 0 Å². The Balaban J connectivity index is 2.30. The molecule has 114 valence electrons. The summed E-state index contributed by atoms with van der Waals surface area (Å²) in [4.78, 5) is 0. The highest BCUT2D eigenvalue weighted by atomic mass is 79.9. The highest BCUT2D eigenvalue weighted by molar-refractivity contribution is 9.10. The number of aromatic nitrogens is 2. The van der Waals surface area contributed by atoms with E-state index in [1.165, 1.54) is 21.3 Å². The predicted molar refractivity (Wildman–Crippen MR) is 91.7 cm³/mol. The number of benzene rings is 1. The zero-order valence-corrected chi connectivity index (χ0v) is 14.9. The molecule has 4 heteroatoms. The molecule has 0 spiro atoms. The SMILES string of the molecule is CCc1nn(CC)c(CC(NC)c2ccc(C)cc2)c1Br. The molecular formula is C17H24BrN3. The van der Waals surface area contributed by atoms with E-state index in [0.29, 0.717) is 6.04 Å². The lowest BCUT2D eigenvalue weighted by Crippen LogP contribution is -2.20. The molecule has 0 aliphatic rings. The predicted octanol–water partition coefficient (Wildman–Crippen LogP) is 4.04. The van der Waals surface area contributed by atoms with E-state index in [2.05, 4.69) is 76.1 Å². The molecule has 2 rings (SSSR count). The number of hydrogen-bond acceptors (Lipinski definition) is 2. The molecule has 1 atom stereocenters. The Kier molecular flexibility index (Phi) is 5.59. The summed E-state index contributed by atoms with van der Waals surface area (Å²) in [5.74, 6) is 0. The average Bonchev–Trinajstić information content (AvgIpc) is 2.81. The van der Waals surface area contributed by atoms with Crippen molar-refractivity contribution in [2.45, 2.75) is 46.2 Å². The van der Waals surface area contributed by atoms with Crippen molar-refractivity contribution in [2.75, 3.05) is 7.05 Å². The third kappa shape index (κ3) is 3.55. The van der Waals surface area contributed by atoms with Crippen LogP contribution in [0.25, 0.3) is 0 Å². The van der Waals surface area contributed by atoms with Gasteiger partial charge in [0.15, 0.2) is 0 Å². The Morgan fingerprint density at radius 1 is 1.24 bits per heavy atom. The van der Waals surface area contributed by atoms with Crippen molar-refractivity contribution in [1.29, 1.82) is 0 Å². The van der Waals surface area contributed by atoms with Gasteiger partial charge in [0.05, 0.1) is 15.9 Å². The van der Waals surface area contributed by atoms with Crippen LogP contribution in [0, 0.1) is 6.92 Å². The van der Waals surface area contributed by atoms with Crippen LogP contribution in [-0.2, 0) is 19.4 Å². The van der Waals surface area contributed by atoms with Gasteiger partial charge >= 0.3 is 0 Å². The van der Waals surface area contributed by atoms with Crippen LogP contribution < -0.4 is 5.32 Å². The molecule has 0 saturated heterocycles. The Morgan fingerprint density at radius 3 is 2.43 bits per heavy atom. The fourth-order valence-corrected chi connectivity index (χ4v) is 3.32. The molecule has 0 fully saturated rings. The molecule has 0 aliphatic heterocycles. The van der Waals surface area contributed by atoms with E-state index in [1.807, 2.05) is 7.05 Å². The Morgan fingerprint density at radius 2 is 1.90 bits per heavy atom. The van der Waals surface area contributed by atoms with E-state index < -0.39 is 0 Å². The minimum Gasteiger partial charge on any atom is -0.313 e. The number of likely N-dealkylation sites (N-methyl/N-ethyl adjacent to an activating group) is 1. The van der Waals surface area contributed by atoms with E-state index >= 15 is 0 Å². The monoisotopic (exact) mass is 349 g/mol. The van der Waals surface area contributed by atoms with Gasteiger partial charge in [0.1, 0.15) is 0 Å². The van der Waals surface area contributed by atoms with E-state index in [9.17, 15) is 0 Å². The van der Waals surface area contributed by atoms with Crippen molar-refractivity contribution < 1.29 is 0 Å². The third-order valence-electron chi connectivity index (χ3n) is 3.92. The zero-order chi connectivity index (χ0) is 15.4. The summed E-state index contributed by atoms with van der Waals surface area (Å²) in [5.41, 5.74) is 5.03. The second-order valence-corrected chi connectivity index (χ2v) is 6.13. The maximum atomic E-state index is 4.68. The van der Waals surface area contributed by atoms with Crippen molar-refractivity contribution in [3.8, 4) is 0 Å². The summed E-state index contributed by atoms with van der Waals surface area (Å²) >= 11 is 3.73. The van der Waals surface area contributed by atoms with Gasteiger partial charge < -0.3 is 5.32 Å². The molecule has 0 radical (unpaired) electrons. The van der Waals surface area contributed by atoms with Crippen LogP contribution in [0.1, 0.15) is 42.4 Å². The summed E-state index contributed by atoms with van der Waals surface area (Å²) in [6.45, 7) is 7.31. The van der Waals surface area contributed by atoms with Gasteiger partial charge in [-0.05, 0) is 48.8 Å². The van der Waals surface area contributed by atoms with Crippen LogP contribution >= 0.6 is 15.9 Å². The van der Waals surface area contributed by atoms with Crippen LogP contribution in [0.5, 0.6) is 0 Å². The minimum atomic E-state index is 0.300. The highest BCUT2D eigenvalue weighted by Gasteiger charge is 2.18. The second kappa shape index (κ2) is 7.23. The smallest absolute Gasteiger partial charge is 0.0766 e. The molecule has 3 nitrogen and oxygen atoms in total. The minimum absolute atomic E-state index is 0.300. The number of rotatable bonds is 6. The summed E-state index contributed by atoms with van der Waals surface area (Å²) in [6, 6.07) is 9.05. The maximum absolute atomic E-state index is 4.68. The number of halogens is 1. The molecule has 0 amide bonds. The molecular weight excluding hydrogens is 326 g/mol. The zero-order valence-electron chi connectivity index (χ0n) is 13.3. The number of nitrogens with zero attached hydrogens (tertiary/aromatic N) is 2. The van der Waals surface area contributed by atoms with Crippen LogP contribution in [0.2, 0.25) is 0 Å². The quantitative estimate of drug-likeness (QED) is 0.852.